The van der Waals surface area contributed by atoms with Gasteiger partial charge in [-0.25, -0.2) is 4.98 Å². The van der Waals surface area contributed by atoms with E-state index in [4.69, 9.17) is 0 Å². The van der Waals surface area contributed by atoms with E-state index in [1.807, 2.05) is 17.8 Å². The molecule has 0 radical (unpaired) electrons. The zero-order chi connectivity index (χ0) is 12.3. The molecule has 0 saturated carbocycles. The molecular formula is C11H18N6. The van der Waals surface area contributed by atoms with Crippen molar-refractivity contribution in [2.24, 2.45) is 7.05 Å². The highest BCUT2D eigenvalue weighted by molar-refractivity contribution is 5.26. The third-order valence-electron chi connectivity index (χ3n) is 2.51. The summed E-state index contributed by atoms with van der Waals surface area (Å²) in [5.74, 6) is 1.89. The average molecular weight is 234 g/mol. The first-order chi connectivity index (χ1) is 8.16. The summed E-state index contributed by atoms with van der Waals surface area (Å²) in [5.41, 5.74) is 0. The van der Waals surface area contributed by atoms with Gasteiger partial charge in [-0.2, -0.15) is 0 Å². The topological polar surface area (TPSA) is 60.6 Å². The lowest BCUT2D eigenvalue weighted by Crippen LogP contribution is -2.15. The zero-order valence-electron chi connectivity index (χ0n) is 10.5. The SMILES string of the molecule is CC(C)Nc1nccn1CCc1nncn1C. The summed E-state index contributed by atoms with van der Waals surface area (Å²) in [4.78, 5) is 4.29. The lowest BCUT2D eigenvalue weighted by Gasteiger charge is -2.11. The Morgan fingerprint density at radius 3 is 2.88 bits per heavy atom. The Hall–Kier alpha value is -1.85. The molecule has 17 heavy (non-hydrogen) atoms. The van der Waals surface area contributed by atoms with E-state index >= 15 is 0 Å². The van der Waals surface area contributed by atoms with Crippen molar-refractivity contribution in [1.82, 2.24) is 24.3 Å². The predicted octanol–water partition coefficient (Wildman–Crippen LogP) is 1.07. The molecule has 6 heteroatoms. The Kier molecular flexibility index (Phi) is 3.41. The molecule has 0 amide bonds. The van der Waals surface area contributed by atoms with E-state index in [1.54, 1.807) is 12.5 Å². The second-order valence-electron chi connectivity index (χ2n) is 4.35. The minimum Gasteiger partial charge on any atom is -0.353 e. The maximum Gasteiger partial charge on any atom is 0.202 e. The van der Waals surface area contributed by atoms with E-state index in [0.29, 0.717) is 6.04 Å². The molecule has 2 aromatic rings. The highest BCUT2D eigenvalue weighted by Gasteiger charge is 2.06. The molecule has 0 fully saturated rings. The summed E-state index contributed by atoms with van der Waals surface area (Å²) in [7, 11) is 1.95. The fourth-order valence-corrected chi connectivity index (χ4v) is 1.64. The van der Waals surface area contributed by atoms with Crippen LogP contribution in [0.2, 0.25) is 0 Å². The molecule has 0 aliphatic heterocycles. The molecule has 0 unspecified atom stereocenters. The molecule has 6 nitrogen and oxygen atoms in total. The van der Waals surface area contributed by atoms with Crippen LogP contribution in [-0.4, -0.2) is 30.4 Å². The number of rotatable bonds is 5. The van der Waals surface area contributed by atoms with Gasteiger partial charge in [0.15, 0.2) is 0 Å². The molecule has 2 aromatic heterocycles. The van der Waals surface area contributed by atoms with Crippen LogP contribution in [0.5, 0.6) is 0 Å². The largest absolute Gasteiger partial charge is 0.353 e. The Morgan fingerprint density at radius 2 is 2.24 bits per heavy atom. The molecule has 0 spiro atoms. The quantitative estimate of drug-likeness (QED) is 0.840. The van der Waals surface area contributed by atoms with Crippen molar-refractivity contribution in [1.29, 1.82) is 0 Å². The molecule has 1 N–H and O–H groups in total. The van der Waals surface area contributed by atoms with E-state index in [-0.39, 0.29) is 0 Å². The molecule has 0 aliphatic carbocycles. The monoisotopic (exact) mass is 234 g/mol. The minimum atomic E-state index is 0.381. The van der Waals surface area contributed by atoms with Gasteiger partial charge < -0.3 is 14.5 Å². The van der Waals surface area contributed by atoms with E-state index < -0.39 is 0 Å². The van der Waals surface area contributed by atoms with Crippen molar-refractivity contribution in [3.63, 3.8) is 0 Å². The molecular weight excluding hydrogens is 216 g/mol. The van der Waals surface area contributed by atoms with Crippen LogP contribution in [0.25, 0.3) is 0 Å². The van der Waals surface area contributed by atoms with Crippen LogP contribution in [-0.2, 0) is 20.0 Å². The Labute approximate surface area is 101 Å². The highest BCUT2D eigenvalue weighted by Crippen LogP contribution is 2.07. The van der Waals surface area contributed by atoms with Crippen LogP contribution in [0.4, 0.5) is 5.95 Å². The normalized spacial score (nSPS) is 11.1. The minimum absolute atomic E-state index is 0.381. The van der Waals surface area contributed by atoms with Gasteiger partial charge in [0.2, 0.25) is 5.95 Å². The molecule has 0 aromatic carbocycles. The number of hydrogen-bond acceptors (Lipinski definition) is 4. The number of anilines is 1. The van der Waals surface area contributed by atoms with Crippen molar-refractivity contribution in [2.75, 3.05) is 5.32 Å². The highest BCUT2D eigenvalue weighted by atomic mass is 15.3. The summed E-state index contributed by atoms with van der Waals surface area (Å²) in [6, 6.07) is 0.381. The first-order valence-corrected chi connectivity index (χ1v) is 5.77. The number of aromatic nitrogens is 5. The third kappa shape index (κ3) is 2.83. The number of hydrogen-bond donors (Lipinski definition) is 1. The first kappa shape index (κ1) is 11.6. The molecule has 2 heterocycles. The Bertz CT molecular complexity index is 470. The van der Waals surface area contributed by atoms with E-state index in [0.717, 1.165) is 24.7 Å². The third-order valence-corrected chi connectivity index (χ3v) is 2.51. The van der Waals surface area contributed by atoms with Crippen LogP contribution >= 0.6 is 0 Å². The van der Waals surface area contributed by atoms with Crippen LogP contribution in [0.1, 0.15) is 19.7 Å². The fourth-order valence-electron chi connectivity index (χ4n) is 1.64. The summed E-state index contributed by atoms with van der Waals surface area (Å²) >= 11 is 0. The van der Waals surface area contributed by atoms with Crippen molar-refractivity contribution in [3.05, 3.63) is 24.5 Å². The van der Waals surface area contributed by atoms with Crippen molar-refractivity contribution in [2.45, 2.75) is 32.9 Å². The van der Waals surface area contributed by atoms with Gasteiger partial charge in [-0.15, -0.1) is 10.2 Å². The van der Waals surface area contributed by atoms with Gasteiger partial charge in [-0.3, -0.25) is 0 Å². The van der Waals surface area contributed by atoms with Gasteiger partial charge in [-0.1, -0.05) is 0 Å². The first-order valence-electron chi connectivity index (χ1n) is 5.77. The van der Waals surface area contributed by atoms with Gasteiger partial charge in [0.25, 0.3) is 0 Å². The van der Waals surface area contributed by atoms with E-state index in [1.165, 1.54) is 0 Å². The van der Waals surface area contributed by atoms with E-state index in [2.05, 4.69) is 38.9 Å². The van der Waals surface area contributed by atoms with Crippen molar-refractivity contribution in [3.8, 4) is 0 Å². The summed E-state index contributed by atoms with van der Waals surface area (Å²) < 4.78 is 4.03. The standard InChI is InChI=1S/C11H18N6/c1-9(2)14-11-12-5-7-17(11)6-4-10-15-13-8-16(10)3/h5,7-9H,4,6H2,1-3H3,(H,12,14). The number of aryl methyl sites for hydroxylation is 3. The zero-order valence-corrected chi connectivity index (χ0v) is 10.5. The molecule has 0 saturated heterocycles. The van der Waals surface area contributed by atoms with Crippen LogP contribution < -0.4 is 5.32 Å². The van der Waals surface area contributed by atoms with Gasteiger partial charge in [0, 0.05) is 38.4 Å². The molecule has 0 bridgehead atoms. The van der Waals surface area contributed by atoms with Crippen LogP contribution in [0.15, 0.2) is 18.7 Å². The summed E-state index contributed by atoms with van der Waals surface area (Å²) in [6.07, 6.45) is 6.35. The molecule has 2 rings (SSSR count). The van der Waals surface area contributed by atoms with Gasteiger partial charge in [0.05, 0.1) is 0 Å². The lowest BCUT2D eigenvalue weighted by atomic mass is 10.4. The lowest BCUT2D eigenvalue weighted by molar-refractivity contribution is 0.648. The second kappa shape index (κ2) is 4.99. The molecule has 0 aliphatic rings. The van der Waals surface area contributed by atoms with E-state index in [9.17, 15) is 0 Å². The van der Waals surface area contributed by atoms with Crippen LogP contribution in [0.3, 0.4) is 0 Å². The van der Waals surface area contributed by atoms with Crippen LogP contribution in [0, 0.1) is 0 Å². The summed E-state index contributed by atoms with van der Waals surface area (Å²) in [5, 5.41) is 11.2. The average Bonchev–Trinajstić information content (AvgIpc) is 2.84. The maximum atomic E-state index is 4.29. The maximum absolute atomic E-state index is 4.29. The number of nitrogens with one attached hydrogen (secondary N) is 1. The van der Waals surface area contributed by atoms with Gasteiger partial charge >= 0.3 is 0 Å². The van der Waals surface area contributed by atoms with Crippen molar-refractivity contribution >= 4 is 5.95 Å². The fraction of sp³-hybridized carbons (Fsp3) is 0.545. The molecule has 0 atom stereocenters. The Morgan fingerprint density at radius 1 is 1.41 bits per heavy atom. The number of imidazole rings is 1. The second-order valence-corrected chi connectivity index (χ2v) is 4.35. The summed E-state index contributed by atoms with van der Waals surface area (Å²) in [6.45, 7) is 5.05. The Balaban J connectivity index is 1.99. The van der Waals surface area contributed by atoms with Gasteiger partial charge in [-0.05, 0) is 13.8 Å². The predicted molar refractivity (Wildman–Crippen MR) is 65.7 cm³/mol. The smallest absolute Gasteiger partial charge is 0.202 e. The molecule has 92 valence electrons. The van der Waals surface area contributed by atoms with Gasteiger partial charge in [0.1, 0.15) is 12.2 Å². The number of nitrogens with zero attached hydrogens (tertiary/aromatic N) is 5. The van der Waals surface area contributed by atoms with Crippen molar-refractivity contribution < 1.29 is 0 Å².